The van der Waals surface area contributed by atoms with Crippen molar-refractivity contribution in [3.63, 3.8) is 0 Å². The summed E-state index contributed by atoms with van der Waals surface area (Å²) in [6, 6.07) is -1.65. The minimum Gasteiger partial charge on any atom is -0.480 e. The third kappa shape index (κ3) is 6.94. The van der Waals surface area contributed by atoms with E-state index in [9.17, 15) is 9.59 Å². The minimum absolute atomic E-state index is 0.137. The lowest BCUT2D eigenvalue weighted by Gasteiger charge is -2.13. The molecule has 6 nitrogen and oxygen atoms in total. The van der Waals surface area contributed by atoms with E-state index in [4.69, 9.17) is 15.9 Å². The second-order valence-corrected chi connectivity index (χ2v) is 4.89. The predicted molar refractivity (Wildman–Crippen MR) is 65.6 cm³/mol. The molecular weight excluding hydrogens is 252 g/mol. The van der Waals surface area contributed by atoms with Gasteiger partial charge in [-0.15, -0.1) is 0 Å². The number of thioether (sulfide) groups is 1. The van der Waals surface area contributed by atoms with Crippen LogP contribution < -0.4 is 10.5 Å². The molecule has 16 heavy (non-hydrogen) atoms. The van der Waals surface area contributed by atoms with Crippen molar-refractivity contribution in [2.24, 2.45) is 5.73 Å². The first kappa shape index (κ1) is 15.6. The van der Waals surface area contributed by atoms with Crippen LogP contribution in [0, 0.1) is 0 Å². The molecule has 0 saturated carbocycles. The molecule has 94 valence electrons. The van der Waals surface area contributed by atoms with Gasteiger partial charge >= 0.3 is 11.9 Å². The highest BCUT2D eigenvalue weighted by atomic mass is 32.2. The van der Waals surface area contributed by atoms with Crippen molar-refractivity contribution in [1.82, 2.24) is 4.72 Å². The Kier molecular flexibility index (Phi) is 8.44. The van der Waals surface area contributed by atoms with Crippen molar-refractivity contribution in [2.75, 3.05) is 17.8 Å². The van der Waals surface area contributed by atoms with Crippen LogP contribution in [0.1, 0.15) is 6.42 Å². The topological polar surface area (TPSA) is 113 Å². The van der Waals surface area contributed by atoms with Gasteiger partial charge in [0.2, 0.25) is 0 Å². The quantitative estimate of drug-likeness (QED) is 0.427. The summed E-state index contributed by atoms with van der Waals surface area (Å²) in [5, 5.41) is 17.4. The highest BCUT2D eigenvalue weighted by Gasteiger charge is 2.18. The Morgan fingerprint density at radius 2 is 2.00 bits per heavy atom. The van der Waals surface area contributed by atoms with Crippen molar-refractivity contribution in [3.05, 3.63) is 0 Å². The van der Waals surface area contributed by atoms with E-state index in [1.54, 1.807) is 11.8 Å². The van der Waals surface area contributed by atoms with Gasteiger partial charge in [-0.2, -0.15) is 11.8 Å². The summed E-state index contributed by atoms with van der Waals surface area (Å²) in [6.07, 6.45) is 2.39. The molecular formula is C8H16N2O4S2. The second kappa shape index (κ2) is 8.68. The summed E-state index contributed by atoms with van der Waals surface area (Å²) in [7, 11) is 0. The van der Waals surface area contributed by atoms with Crippen LogP contribution in [-0.2, 0) is 9.59 Å². The number of nitrogens with two attached hydrogens (primary N) is 1. The molecule has 0 aliphatic rings. The molecule has 0 spiro atoms. The molecule has 8 heteroatoms. The minimum atomic E-state index is -1.09. The van der Waals surface area contributed by atoms with Crippen molar-refractivity contribution >= 4 is 35.6 Å². The number of nitrogens with one attached hydrogen (secondary N) is 1. The van der Waals surface area contributed by atoms with Crippen LogP contribution >= 0.6 is 23.7 Å². The van der Waals surface area contributed by atoms with E-state index in [1.807, 2.05) is 6.26 Å². The van der Waals surface area contributed by atoms with Gasteiger partial charge in [0.05, 0.1) is 0 Å². The first-order valence-corrected chi connectivity index (χ1v) is 6.94. The molecule has 0 amide bonds. The molecule has 0 rings (SSSR count). The van der Waals surface area contributed by atoms with Crippen LogP contribution in [0.25, 0.3) is 0 Å². The Morgan fingerprint density at radius 1 is 1.38 bits per heavy atom. The number of hydrogen-bond donors (Lipinski definition) is 4. The molecule has 0 aromatic heterocycles. The maximum absolute atomic E-state index is 10.8. The monoisotopic (exact) mass is 268 g/mol. The molecule has 5 N–H and O–H groups in total. The maximum Gasteiger partial charge on any atom is 0.321 e. The second-order valence-electron chi connectivity index (χ2n) is 3.05. The Hall–Kier alpha value is -0.440. The van der Waals surface area contributed by atoms with Crippen molar-refractivity contribution in [2.45, 2.75) is 18.5 Å². The summed E-state index contributed by atoms with van der Waals surface area (Å²) >= 11 is 2.59. The van der Waals surface area contributed by atoms with E-state index < -0.39 is 24.0 Å². The van der Waals surface area contributed by atoms with E-state index in [0.29, 0.717) is 6.42 Å². The Balaban J connectivity index is 3.84. The van der Waals surface area contributed by atoms with Gasteiger partial charge in [-0.1, -0.05) is 11.9 Å². The van der Waals surface area contributed by atoms with Gasteiger partial charge in [-0.3, -0.25) is 9.59 Å². The average molecular weight is 268 g/mol. The number of hydrogen-bond acceptors (Lipinski definition) is 6. The summed E-state index contributed by atoms with van der Waals surface area (Å²) in [5.74, 6) is -1.16. The molecule has 0 heterocycles. The first-order chi connectivity index (χ1) is 7.49. The lowest BCUT2D eigenvalue weighted by molar-refractivity contribution is -0.139. The Bertz CT molecular complexity index is 240. The molecule has 0 radical (unpaired) electrons. The molecule has 1 unspecified atom stereocenters. The fraction of sp³-hybridized carbons (Fsp3) is 0.750. The van der Waals surface area contributed by atoms with Crippen LogP contribution in [-0.4, -0.2) is 52.0 Å². The molecule has 2 atom stereocenters. The SMILES string of the molecule is CSCC[C@H](NSCC(N)C(=O)O)C(=O)O. The maximum atomic E-state index is 10.8. The fourth-order valence-electron chi connectivity index (χ4n) is 0.778. The van der Waals surface area contributed by atoms with Gasteiger partial charge in [-0.05, 0) is 18.4 Å². The smallest absolute Gasteiger partial charge is 0.321 e. The zero-order valence-corrected chi connectivity index (χ0v) is 10.5. The van der Waals surface area contributed by atoms with Crippen molar-refractivity contribution in [3.8, 4) is 0 Å². The zero-order chi connectivity index (χ0) is 12.6. The highest BCUT2D eigenvalue weighted by Crippen LogP contribution is 2.06. The van der Waals surface area contributed by atoms with Crippen LogP contribution in [0.5, 0.6) is 0 Å². The highest BCUT2D eigenvalue weighted by molar-refractivity contribution is 7.98. The first-order valence-electron chi connectivity index (χ1n) is 4.56. The number of aliphatic carboxylic acids is 2. The molecule has 0 aliphatic carbocycles. The average Bonchev–Trinajstić information content (AvgIpc) is 2.21. The third-order valence-electron chi connectivity index (χ3n) is 1.71. The van der Waals surface area contributed by atoms with E-state index in [2.05, 4.69) is 4.72 Å². The van der Waals surface area contributed by atoms with E-state index >= 15 is 0 Å². The number of rotatable bonds is 9. The van der Waals surface area contributed by atoms with Gasteiger partial charge in [0.1, 0.15) is 12.1 Å². The van der Waals surface area contributed by atoms with E-state index in [-0.39, 0.29) is 5.75 Å². The van der Waals surface area contributed by atoms with Crippen LogP contribution in [0.2, 0.25) is 0 Å². The summed E-state index contributed by atoms with van der Waals surface area (Å²) in [6.45, 7) is 0. The van der Waals surface area contributed by atoms with E-state index in [0.717, 1.165) is 17.7 Å². The largest absolute Gasteiger partial charge is 0.480 e. The number of carboxylic acids is 2. The molecule has 0 saturated heterocycles. The van der Waals surface area contributed by atoms with Gasteiger partial charge in [-0.25, -0.2) is 4.72 Å². The number of carboxylic acid groups (broad SMARTS) is 2. The lowest BCUT2D eigenvalue weighted by Crippen LogP contribution is -2.37. The Morgan fingerprint density at radius 3 is 2.44 bits per heavy atom. The van der Waals surface area contributed by atoms with Crippen molar-refractivity contribution < 1.29 is 19.8 Å². The molecule has 0 fully saturated rings. The fourth-order valence-corrected chi connectivity index (χ4v) is 2.09. The van der Waals surface area contributed by atoms with E-state index in [1.165, 1.54) is 0 Å². The van der Waals surface area contributed by atoms with Crippen LogP contribution in [0.4, 0.5) is 0 Å². The summed E-state index contributed by atoms with van der Waals surface area (Å²) < 4.78 is 2.70. The lowest BCUT2D eigenvalue weighted by atomic mass is 10.2. The van der Waals surface area contributed by atoms with Crippen LogP contribution in [0.15, 0.2) is 0 Å². The molecule has 0 aromatic carbocycles. The third-order valence-corrected chi connectivity index (χ3v) is 3.34. The zero-order valence-electron chi connectivity index (χ0n) is 8.88. The molecule has 0 aromatic rings. The van der Waals surface area contributed by atoms with Gasteiger partial charge in [0, 0.05) is 5.75 Å². The van der Waals surface area contributed by atoms with Crippen molar-refractivity contribution in [1.29, 1.82) is 0 Å². The van der Waals surface area contributed by atoms with Gasteiger partial charge < -0.3 is 15.9 Å². The summed E-state index contributed by atoms with van der Waals surface area (Å²) in [4.78, 5) is 21.2. The standard InChI is InChI=1S/C8H16N2O4S2/c1-15-3-2-6(8(13)14)10-16-4-5(9)7(11)12/h5-6,10H,2-4,9H2,1H3,(H,11,12)(H,13,14)/t5?,6-/m0/s1. The van der Waals surface area contributed by atoms with Gasteiger partial charge in [0.25, 0.3) is 0 Å². The summed E-state index contributed by atoms with van der Waals surface area (Å²) in [5.41, 5.74) is 5.27. The number of carbonyl (C=O) groups is 2. The van der Waals surface area contributed by atoms with Gasteiger partial charge in [0.15, 0.2) is 0 Å². The molecule has 0 aliphatic heterocycles. The molecule has 0 bridgehead atoms. The predicted octanol–water partition coefficient (Wildman–Crippen LogP) is -0.158. The van der Waals surface area contributed by atoms with Crippen LogP contribution in [0.3, 0.4) is 0 Å². The normalized spacial score (nSPS) is 14.4. The Labute approximate surface area is 102 Å².